The summed E-state index contributed by atoms with van der Waals surface area (Å²) in [6.07, 6.45) is 5.13. The number of phenols is 1. The molecule has 0 aromatic heterocycles. The predicted molar refractivity (Wildman–Crippen MR) is 84.4 cm³/mol. The van der Waals surface area contributed by atoms with E-state index in [1.807, 2.05) is 24.0 Å². The van der Waals surface area contributed by atoms with E-state index in [4.69, 9.17) is 11.5 Å². The minimum absolute atomic E-state index is 0.238. The Balaban J connectivity index is 2.08. The number of aromatic hydroxyl groups is 1. The second-order valence-corrected chi connectivity index (χ2v) is 5.79. The molecule has 0 radical (unpaired) electrons. The summed E-state index contributed by atoms with van der Waals surface area (Å²) in [7, 11) is 0. The molecule has 0 saturated heterocycles. The fourth-order valence-corrected chi connectivity index (χ4v) is 3.23. The zero-order valence-corrected chi connectivity index (χ0v) is 12.2. The zero-order chi connectivity index (χ0) is 15.0. The molecule has 1 aliphatic heterocycles. The van der Waals surface area contributed by atoms with Gasteiger partial charge < -0.3 is 16.6 Å². The van der Waals surface area contributed by atoms with Crippen molar-refractivity contribution < 1.29 is 5.11 Å². The Morgan fingerprint density at radius 3 is 2.57 bits per heavy atom. The van der Waals surface area contributed by atoms with Crippen LogP contribution in [-0.4, -0.2) is 22.7 Å². The number of aliphatic imine (C=N–C) groups is 2. The van der Waals surface area contributed by atoms with E-state index in [2.05, 4.69) is 9.98 Å². The number of guanidine groups is 2. The highest BCUT2D eigenvalue weighted by molar-refractivity contribution is 6.05. The average Bonchev–Trinajstić information content (AvgIpc) is 2.42. The second-order valence-electron chi connectivity index (χ2n) is 5.79. The fraction of sp³-hybridized carbons (Fsp3) is 0.467. The van der Waals surface area contributed by atoms with E-state index in [1.165, 1.54) is 6.42 Å². The minimum atomic E-state index is -0.462. The topological polar surface area (TPSA) is 100 Å². The molecule has 1 fully saturated rings. The highest BCUT2D eigenvalue weighted by Crippen LogP contribution is 2.40. The van der Waals surface area contributed by atoms with Gasteiger partial charge >= 0.3 is 0 Å². The van der Waals surface area contributed by atoms with Gasteiger partial charge in [-0.1, -0.05) is 12.5 Å². The molecule has 2 aliphatic rings. The minimum Gasteiger partial charge on any atom is -0.508 e. The van der Waals surface area contributed by atoms with Crippen LogP contribution < -0.4 is 16.4 Å². The van der Waals surface area contributed by atoms with Gasteiger partial charge in [0.2, 0.25) is 11.9 Å². The van der Waals surface area contributed by atoms with Crippen molar-refractivity contribution >= 4 is 17.6 Å². The van der Waals surface area contributed by atoms with E-state index in [9.17, 15) is 5.11 Å². The lowest BCUT2D eigenvalue weighted by Crippen LogP contribution is -2.58. The molecule has 1 aliphatic carbocycles. The van der Waals surface area contributed by atoms with Crippen LogP contribution >= 0.6 is 0 Å². The van der Waals surface area contributed by atoms with Gasteiger partial charge in [-0.15, -0.1) is 0 Å². The second kappa shape index (κ2) is 4.95. The molecular weight excluding hydrogens is 266 g/mol. The van der Waals surface area contributed by atoms with Crippen LogP contribution in [0.2, 0.25) is 0 Å². The monoisotopic (exact) mass is 287 g/mol. The summed E-state index contributed by atoms with van der Waals surface area (Å²) >= 11 is 0. The maximum absolute atomic E-state index is 9.99. The molecule has 6 heteroatoms. The Kier molecular flexibility index (Phi) is 3.23. The van der Waals surface area contributed by atoms with Crippen LogP contribution in [-0.2, 0) is 0 Å². The molecule has 0 atom stereocenters. The summed E-state index contributed by atoms with van der Waals surface area (Å²) in [6.45, 7) is 1.86. The summed E-state index contributed by atoms with van der Waals surface area (Å²) in [4.78, 5) is 10.6. The van der Waals surface area contributed by atoms with Gasteiger partial charge in [-0.2, -0.15) is 4.99 Å². The maximum Gasteiger partial charge on any atom is 0.220 e. The largest absolute Gasteiger partial charge is 0.508 e. The number of phenolic OH excluding ortho intramolecular Hbond substituents is 1. The number of rotatable bonds is 1. The third kappa shape index (κ3) is 2.30. The molecule has 6 nitrogen and oxygen atoms in total. The molecule has 3 rings (SSSR count). The first-order valence-corrected chi connectivity index (χ1v) is 7.31. The Morgan fingerprint density at radius 1 is 1.19 bits per heavy atom. The number of hydrogen-bond acceptors (Lipinski definition) is 6. The van der Waals surface area contributed by atoms with E-state index in [1.54, 1.807) is 6.07 Å². The van der Waals surface area contributed by atoms with Crippen molar-refractivity contribution in [2.24, 2.45) is 21.5 Å². The van der Waals surface area contributed by atoms with Crippen LogP contribution in [0.25, 0.3) is 0 Å². The van der Waals surface area contributed by atoms with Crippen molar-refractivity contribution in [3.05, 3.63) is 23.8 Å². The van der Waals surface area contributed by atoms with Gasteiger partial charge in [0.05, 0.1) is 0 Å². The molecule has 5 N–H and O–H groups in total. The molecule has 1 spiro atoms. The lowest BCUT2D eigenvalue weighted by atomic mass is 9.87. The van der Waals surface area contributed by atoms with Gasteiger partial charge in [0, 0.05) is 11.8 Å². The Labute approximate surface area is 124 Å². The van der Waals surface area contributed by atoms with Crippen molar-refractivity contribution in [3.63, 3.8) is 0 Å². The van der Waals surface area contributed by atoms with Gasteiger partial charge in [0.15, 0.2) is 0 Å². The molecule has 21 heavy (non-hydrogen) atoms. The van der Waals surface area contributed by atoms with Crippen LogP contribution in [0.5, 0.6) is 5.75 Å². The molecule has 1 heterocycles. The van der Waals surface area contributed by atoms with Crippen molar-refractivity contribution in [2.75, 3.05) is 4.90 Å². The molecule has 1 aromatic rings. The quantitative estimate of drug-likeness (QED) is 0.733. The third-order valence-electron chi connectivity index (χ3n) is 4.30. The molecule has 1 saturated carbocycles. The molecule has 0 bridgehead atoms. The van der Waals surface area contributed by atoms with Crippen LogP contribution in [0.3, 0.4) is 0 Å². The van der Waals surface area contributed by atoms with E-state index >= 15 is 0 Å². The first-order valence-electron chi connectivity index (χ1n) is 7.31. The lowest BCUT2D eigenvalue weighted by molar-refractivity contribution is 0.305. The molecule has 1 aromatic carbocycles. The standard InChI is InChI=1S/C15H21N5O/c1-10-5-6-11(9-12(10)21)20-14(17)18-13(16)19-15(20)7-3-2-4-8-15/h5-6,9,21H,2-4,7-8H2,1H3,(H4,16,17,18,19). The summed E-state index contributed by atoms with van der Waals surface area (Å²) in [5, 5.41) is 9.99. The SMILES string of the molecule is Cc1ccc(N2C(N)=NC(N)=NC23CCCCC3)cc1O. The Bertz CT molecular complexity index is 616. The average molecular weight is 287 g/mol. The van der Waals surface area contributed by atoms with Gasteiger partial charge in [-0.3, -0.25) is 4.90 Å². The summed E-state index contributed by atoms with van der Waals surface area (Å²) in [5.74, 6) is 0.823. The zero-order valence-electron chi connectivity index (χ0n) is 12.2. The van der Waals surface area contributed by atoms with Crippen molar-refractivity contribution in [3.8, 4) is 5.75 Å². The van der Waals surface area contributed by atoms with Gasteiger partial charge in [0.1, 0.15) is 11.4 Å². The number of nitrogens with two attached hydrogens (primary N) is 2. The van der Waals surface area contributed by atoms with Crippen molar-refractivity contribution in [1.29, 1.82) is 0 Å². The fourth-order valence-electron chi connectivity index (χ4n) is 3.23. The highest BCUT2D eigenvalue weighted by Gasteiger charge is 2.42. The number of nitrogens with zero attached hydrogens (tertiary/aromatic N) is 3. The number of benzene rings is 1. The normalized spacial score (nSPS) is 21.1. The first kappa shape index (κ1) is 13.7. The van der Waals surface area contributed by atoms with Gasteiger partial charge in [-0.05, 0) is 44.2 Å². The molecular formula is C15H21N5O. The molecule has 112 valence electrons. The van der Waals surface area contributed by atoms with Crippen LogP contribution in [0.1, 0.15) is 37.7 Å². The van der Waals surface area contributed by atoms with Crippen LogP contribution in [0.4, 0.5) is 5.69 Å². The van der Waals surface area contributed by atoms with Gasteiger partial charge in [0.25, 0.3) is 0 Å². The van der Waals surface area contributed by atoms with E-state index in [-0.39, 0.29) is 11.7 Å². The summed E-state index contributed by atoms with van der Waals surface area (Å²) in [5.41, 5.74) is 13.1. The molecule has 0 unspecified atom stereocenters. The Hall–Kier alpha value is -2.24. The molecule has 0 amide bonds. The smallest absolute Gasteiger partial charge is 0.220 e. The highest BCUT2D eigenvalue weighted by atomic mass is 16.3. The Morgan fingerprint density at radius 2 is 1.90 bits per heavy atom. The number of aryl methyl sites for hydroxylation is 1. The van der Waals surface area contributed by atoms with Gasteiger partial charge in [-0.25, -0.2) is 4.99 Å². The van der Waals surface area contributed by atoms with Crippen molar-refractivity contribution in [2.45, 2.75) is 44.7 Å². The predicted octanol–water partition coefficient (Wildman–Crippen LogP) is 1.81. The lowest BCUT2D eigenvalue weighted by Gasteiger charge is -2.45. The van der Waals surface area contributed by atoms with E-state index in [0.29, 0.717) is 5.96 Å². The number of anilines is 1. The third-order valence-corrected chi connectivity index (χ3v) is 4.30. The first-order chi connectivity index (χ1) is 10.0. The maximum atomic E-state index is 9.99. The van der Waals surface area contributed by atoms with E-state index in [0.717, 1.165) is 36.9 Å². The summed E-state index contributed by atoms with van der Waals surface area (Å²) in [6, 6.07) is 5.52. The number of hydrogen-bond donors (Lipinski definition) is 3. The van der Waals surface area contributed by atoms with Crippen LogP contribution in [0.15, 0.2) is 28.2 Å². The van der Waals surface area contributed by atoms with Crippen LogP contribution in [0, 0.1) is 6.92 Å². The summed E-state index contributed by atoms with van der Waals surface area (Å²) < 4.78 is 0. The van der Waals surface area contributed by atoms with E-state index < -0.39 is 5.66 Å². The van der Waals surface area contributed by atoms with Crippen molar-refractivity contribution in [1.82, 2.24) is 0 Å².